The first kappa shape index (κ1) is 16.3. The zero-order valence-electron chi connectivity index (χ0n) is 13.7. The highest BCUT2D eigenvalue weighted by atomic mass is 35.5. The van der Waals surface area contributed by atoms with Gasteiger partial charge in [-0.2, -0.15) is 0 Å². The maximum atomic E-state index is 2.31. The van der Waals surface area contributed by atoms with Crippen LogP contribution in [-0.4, -0.2) is 0 Å². The van der Waals surface area contributed by atoms with E-state index in [4.69, 9.17) is 0 Å². The van der Waals surface area contributed by atoms with E-state index in [1.54, 1.807) is 0 Å². The minimum atomic E-state index is 1.23. The van der Waals surface area contributed by atoms with E-state index in [1.165, 1.54) is 26.4 Å². The second-order valence-electron chi connectivity index (χ2n) is 5.53. The molecule has 118 valence electrons. The molecular formula is C23H20Cl+. The van der Waals surface area contributed by atoms with Crippen LogP contribution in [0.15, 0.2) is 103 Å². The summed E-state index contributed by atoms with van der Waals surface area (Å²) >= 11 is 0. The third-order valence-corrected chi connectivity index (χ3v) is 4.56. The van der Waals surface area contributed by atoms with Crippen molar-refractivity contribution in [3.63, 3.8) is 0 Å². The predicted molar refractivity (Wildman–Crippen MR) is 99.9 cm³/mol. The summed E-state index contributed by atoms with van der Waals surface area (Å²) in [5, 5.41) is 5.09. The monoisotopic (exact) mass is 331 g/mol. The van der Waals surface area contributed by atoms with Crippen LogP contribution in [0, 0.1) is 17.7 Å². The van der Waals surface area contributed by atoms with Crippen LogP contribution < -0.4 is 0 Å². The first-order chi connectivity index (χ1) is 11.8. The molecule has 0 radical (unpaired) electrons. The Hall–Kier alpha value is -2.57. The zero-order valence-corrected chi connectivity index (χ0v) is 14.4. The molecular weight excluding hydrogens is 312 g/mol. The highest BCUT2D eigenvalue weighted by molar-refractivity contribution is 5.81. The standard InChI is InChI=1S/C13H12Cl.C10H8/c1-11-7-9-13(10-8-11)14-12-5-3-2-4-6-12;1-2-6-10-8-4-3-7-9(10)5-1/h2-10H,1H3;1-8H/q+1;. The molecule has 0 amide bonds. The van der Waals surface area contributed by atoms with Crippen molar-refractivity contribution in [2.24, 2.45) is 0 Å². The molecule has 1 heteroatoms. The van der Waals surface area contributed by atoms with Gasteiger partial charge in [0.05, 0.1) is 0 Å². The number of fused-ring (bicyclic) bond motifs is 1. The largest absolute Gasteiger partial charge is 0.235 e. The van der Waals surface area contributed by atoms with E-state index in [1.807, 2.05) is 6.07 Å². The Balaban J connectivity index is 0.000000149. The van der Waals surface area contributed by atoms with Crippen LogP contribution in [-0.2, 0) is 0 Å². The van der Waals surface area contributed by atoms with E-state index in [2.05, 4.69) is 115 Å². The van der Waals surface area contributed by atoms with E-state index in [9.17, 15) is 0 Å². The zero-order chi connectivity index (χ0) is 16.6. The van der Waals surface area contributed by atoms with Crippen LogP contribution in [0.1, 0.15) is 5.56 Å². The summed E-state index contributed by atoms with van der Waals surface area (Å²) in [5.74, 6) is 0. The number of rotatable bonds is 2. The molecule has 0 atom stereocenters. The lowest BCUT2D eigenvalue weighted by molar-refractivity contribution is -0.535. The fraction of sp³-hybridized carbons (Fsp3) is 0.0435. The van der Waals surface area contributed by atoms with Crippen molar-refractivity contribution in [3.8, 4) is 0 Å². The van der Waals surface area contributed by atoms with Crippen LogP contribution in [0.5, 0.6) is 0 Å². The molecule has 0 bridgehead atoms. The van der Waals surface area contributed by atoms with E-state index < -0.39 is 0 Å². The summed E-state index contributed by atoms with van der Waals surface area (Å²) in [6, 6.07) is 35.6. The van der Waals surface area contributed by atoms with Gasteiger partial charge in [0.25, 0.3) is 0 Å². The number of benzene rings is 4. The summed E-state index contributed by atoms with van der Waals surface area (Å²) in [6.07, 6.45) is 0. The molecule has 0 aliphatic rings. The lowest BCUT2D eigenvalue weighted by atomic mass is 10.1. The van der Waals surface area contributed by atoms with Gasteiger partial charge in [-0.3, -0.25) is 0 Å². The second kappa shape index (κ2) is 8.33. The minimum absolute atomic E-state index is 1.23. The van der Waals surface area contributed by atoms with Gasteiger partial charge in [0.1, 0.15) is 0 Å². The Morgan fingerprint density at radius 1 is 0.458 bits per heavy atom. The van der Waals surface area contributed by atoms with Crippen molar-refractivity contribution in [1.29, 1.82) is 0 Å². The van der Waals surface area contributed by atoms with Crippen molar-refractivity contribution in [1.82, 2.24) is 0 Å². The summed E-state index contributed by atoms with van der Waals surface area (Å²) < 4.78 is 0. The van der Waals surface area contributed by atoms with Crippen LogP contribution in [0.25, 0.3) is 10.8 Å². The van der Waals surface area contributed by atoms with Crippen molar-refractivity contribution < 1.29 is 10.8 Å². The molecule has 0 unspecified atom stereocenters. The smallest absolute Gasteiger partial charge is 0.0619 e. The van der Waals surface area contributed by atoms with E-state index in [-0.39, 0.29) is 0 Å². The van der Waals surface area contributed by atoms with Crippen molar-refractivity contribution >= 4 is 10.8 Å². The van der Waals surface area contributed by atoms with Crippen molar-refractivity contribution in [2.45, 2.75) is 6.92 Å². The summed E-state index contributed by atoms with van der Waals surface area (Å²) in [7, 11) is 2.31. The third kappa shape index (κ3) is 4.71. The van der Waals surface area contributed by atoms with E-state index in [0.29, 0.717) is 0 Å². The highest BCUT2D eigenvalue weighted by Gasteiger charge is 2.11. The fourth-order valence-corrected chi connectivity index (χ4v) is 3.11. The summed E-state index contributed by atoms with van der Waals surface area (Å²) in [6.45, 7) is 2.10. The second-order valence-corrected chi connectivity index (χ2v) is 6.59. The number of halogens is 1. The molecule has 0 nitrogen and oxygen atoms in total. The van der Waals surface area contributed by atoms with Crippen LogP contribution >= 0.6 is 0 Å². The van der Waals surface area contributed by atoms with Gasteiger partial charge in [0, 0.05) is 24.3 Å². The van der Waals surface area contributed by atoms with Crippen LogP contribution in [0.4, 0.5) is 0 Å². The summed E-state index contributed by atoms with van der Waals surface area (Å²) in [5.41, 5.74) is 1.30. The van der Waals surface area contributed by atoms with Gasteiger partial charge in [0.2, 0.25) is 20.8 Å². The first-order valence-electron chi connectivity index (χ1n) is 8.01. The van der Waals surface area contributed by atoms with Gasteiger partial charge >= 0.3 is 0 Å². The lowest BCUT2D eigenvalue weighted by Gasteiger charge is -1.92. The molecule has 0 aromatic heterocycles. The molecule has 0 aliphatic carbocycles. The van der Waals surface area contributed by atoms with Gasteiger partial charge in [0.15, 0.2) is 0 Å². The number of hydrogen-bond acceptors (Lipinski definition) is 0. The van der Waals surface area contributed by atoms with Gasteiger partial charge in [-0.15, -0.1) is 0 Å². The van der Waals surface area contributed by atoms with Crippen molar-refractivity contribution in [2.75, 3.05) is 0 Å². The first-order valence-corrected chi connectivity index (χ1v) is 8.77. The summed E-state index contributed by atoms with van der Waals surface area (Å²) in [4.78, 5) is 0. The lowest BCUT2D eigenvalue weighted by Crippen LogP contribution is -1.81. The molecule has 0 heterocycles. The van der Waals surface area contributed by atoms with E-state index in [0.717, 1.165) is 0 Å². The Labute approximate surface area is 147 Å². The average Bonchev–Trinajstić information content (AvgIpc) is 2.65. The third-order valence-electron chi connectivity index (χ3n) is 3.62. The Morgan fingerprint density at radius 3 is 1.38 bits per heavy atom. The van der Waals surface area contributed by atoms with Gasteiger partial charge in [-0.05, 0) is 17.7 Å². The molecule has 4 rings (SSSR count). The molecule has 4 aromatic rings. The molecule has 0 saturated heterocycles. The Bertz CT molecular complexity index is 815. The Morgan fingerprint density at radius 2 is 0.875 bits per heavy atom. The molecule has 0 fully saturated rings. The molecule has 24 heavy (non-hydrogen) atoms. The van der Waals surface area contributed by atoms with Gasteiger partial charge in [-0.1, -0.05) is 84.4 Å². The number of aryl methyl sites for hydroxylation is 1. The highest BCUT2D eigenvalue weighted by Crippen LogP contribution is 2.14. The maximum Gasteiger partial charge on any atom is 0.235 e. The van der Waals surface area contributed by atoms with Crippen LogP contribution in [0.2, 0.25) is 10.0 Å². The quantitative estimate of drug-likeness (QED) is 0.396. The molecule has 4 aromatic carbocycles. The average molecular weight is 332 g/mol. The maximum absolute atomic E-state index is 2.31. The van der Waals surface area contributed by atoms with E-state index >= 15 is 0 Å². The SMILES string of the molecule is Cc1ccc([Cl+]c2ccccc2)cc1.c1ccc2ccccc2c1. The minimum Gasteiger partial charge on any atom is -0.0619 e. The molecule has 0 spiro atoms. The topological polar surface area (TPSA) is 0 Å². The fourth-order valence-electron chi connectivity index (χ4n) is 2.33. The van der Waals surface area contributed by atoms with Crippen molar-refractivity contribution in [3.05, 3.63) is 119 Å². The predicted octanol–water partition coefficient (Wildman–Crippen LogP) is 6.45. The number of hydrogen-bond donors (Lipinski definition) is 0. The Kier molecular flexibility index (Phi) is 5.65. The van der Waals surface area contributed by atoms with Gasteiger partial charge in [-0.25, -0.2) is 0 Å². The molecule has 0 aliphatic heterocycles. The van der Waals surface area contributed by atoms with Gasteiger partial charge < -0.3 is 0 Å². The molecule has 0 saturated carbocycles. The van der Waals surface area contributed by atoms with Crippen LogP contribution in [0.3, 0.4) is 0 Å². The molecule has 0 N–H and O–H groups in total. The normalized spacial score (nSPS) is 10.0.